The molecule has 26 heavy (non-hydrogen) atoms. The van der Waals surface area contributed by atoms with Crippen molar-refractivity contribution in [3.05, 3.63) is 88.7 Å². The minimum atomic E-state index is -0.988. The highest BCUT2D eigenvalue weighted by molar-refractivity contribution is 6.30. The van der Waals surface area contributed by atoms with E-state index in [9.17, 15) is 14.3 Å². The van der Waals surface area contributed by atoms with Crippen LogP contribution in [0.2, 0.25) is 5.02 Å². The Bertz CT molecular complexity index is 926. The lowest BCUT2D eigenvalue weighted by Crippen LogP contribution is -2.04. The van der Waals surface area contributed by atoms with E-state index < -0.39 is 11.8 Å². The standard InChI is InChI=1S/C21H16ClFO3/c22-17-7-8-19(23)18(12-17)15-6-9-20(16(10-15)11-21(24)25)26-13-14-4-2-1-3-5-14/h1-10,12H,11,13H2,(H,24,25). The molecule has 0 amide bonds. The summed E-state index contributed by atoms with van der Waals surface area (Å²) < 4.78 is 19.9. The summed E-state index contributed by atoms with van der Waals surface area (Å²) in [6, 6.07) is 18.8. The number of carboxylic acid groups (broad SMARTS) is 1. The number of benzene rings is 3. The molecule has 0 atom stereocenters. The number of carboxylic acids is 1. The average molecular weight is 371 g/mol. The zero-order valence-electron chi connectivity index (χ0n) is 13.8. The number of halogens is 2. The minimum Gasteiger partial charge on any atom is -0.489 e. The zero-order valence-corrected chi connectivity index (χ0v) is 14.5. The maximum atomic E-state index is 14.1. The number of ether oxygens (including phenoxy) is 1. The fourth-order valence-corrected chi connectivity index (χ4v) is 2.82. The fraction of sp³-hybridized carbons (Fsp3) is 0.0952. The van der Waals surface area contributed by atoms with Gasteiger partial charge in [-0.3, -0.25) is 4.79 Å². The van der Waals surface area contributed by atoms with E-state index in [-0.39, 0.29) is 6.42 Å². The molecule has 0 bridgehead atoms. The summed E-state index contributed by atoms with van der Waals surface area (Å²) in [5.41, 5.74) is 2.32. The van der Waals surface area contributed by atoms with Crippen molar-refractivity contribution in [2.24, 2.45) is 0 Å². The first-order valence-corrected chi connectivity index (χ1v) is 8.37. The molecule has 5 heteroatoms. The van der Waals surface area contributed by atoms with Gasteiger partial charge in [0.2, 0.25) is 0 Å². The largest absolute Gasteiger partial charge is 0.489 e. The summed E-state index contributed by atoms with van der Waals surface area (Å²) >= 11 is 5.95. The van der Waals surface area contributed by atoms with E-state index >= 15 is 0 Å². The number of hydrogen-bond donors (Lipinski definition) is 1. The molecular formula is C21H16ClFO3. The molecule has 0 unspecified atom stereocenters. The van der Waals surface area contributed by atoms with Crippen molar-refractivity contribution in [1.82, 2.24) is 0 Å². The average Bonchev–Trinajstić information content (AvgIpc) is 2.63. The maximum absolute atomic E-state index is 14.1. The van der Waals surface area contributed by atoms with Gasteiger partial charge in [0.25, 0.3) is 0 Å². The quantitative estimate of drug-likeness (QED) is 0.636. The second kappa shape index (κ2) is 8.02. The number of aliphatic carboxylic acids is 1. The molecule has 3 aromatic carbocycles. The third-order valence-electron chi connectivity index (χ3n) is 3.88. The highest BCUT2D eigenvalue weighted by atomic mass is 35.5. The van der Waals surface area contributed by atoms with Crippen LogP contribution in [-0.2, 0) is 17.8 Å². The molecule has 0 aliphatic carbocycles. The Labute approximate surface area is 155 Å². The van der Waals surface area contributed by atoms with E-state index in [4.69, 9.17) is 16.3 Å². The van der Waals surface area contributed by atoms with E-state index in [0.29, 0.717) is 34.1 Å². The van der Waals surface area contributed by atoms with Gasteiger partial charge in [0.15, 0.2) is 0 Å². The molecule has 3 rings (SSSR count). The molecule has 1 N–H and O–H groups in total. The lowest BCUT2D eigenvalue weighted by Gasteiger charge is -2.13. The van der Waals surface area contributed by atoms with Gasteiger partial charge in [0.1, 0.15) is 18.2 Å². The highest BCUT2D eigenvalue weighted by Crippen LogP contribution is 2.31. The Morgan fingerprint density at radius 3 is 2.54 bits per heavy atom. The molecule has 3 nitrogen and oxygen atoms in total. The van der Waals surface area contributed by atoms with E-state index in [1.807, 2.05) is 30.3 Å². The topological polar surface area (TPSA) is 46.5 Å². The Balaban J connectivity index is 1.92. The van der Waals surface area contributed by atoms with Gasteiger partial charge in [-0.1, -0.05) is 48.0 Å². The lowest BCUT2D eigenvalue weighted by molar-refractivity contribution is -0.136. The predicted molar refractivity (Wildman–Crippen MR) is 99.0 cm³/mol. The van der Waals surface area contributed by atoms with Gasteiger partial charge in [-0.05, 0) is 41.5 Å². The zero-order chi connectivity index (χ0) is 18.5. The Morgan fingerprint density at radius 1 is 1.04 bits per heavy atom. The number of hydrogen-bond acceptors (Lipinski definition) is 2. The molecule has 0 aromatic heterocycles. The third-order valence-corrected chi connectivity index (χ3v) is 4.11. The number of carbonyl (C=O) groups is 1. The molecule has 0 heterocycles. The summed E-state index contributed by atoms with van der Waals surface area (Å²) in [5, 5.41) is 9.59. The summed E-state index contributed by atoms with van der Waals surface area (Å²) in [4.78, 5) is 11.2. The number of rotatable bonds is 6. The van der Waals surface area contributed by atoms with Crippen molar-refractivity contribution in [2.75, 3.05) is 0 Å². The molecular weight excluding hydrogens is 355 g/mol. The van der Waals surface area contributed by atoms with Crippen LogP contribution in [0, 0.1) is 5.82 Å². The first-order valence-electron chi connectivity index (χ1n) is 8.00. The fourth-order valence-electron chi connectivity index (χ4n) is 2.64. The van der Waals surface area contributed by atoms with Crippen LogP contribution in [0.4, 0.5) is 4.39 Å². The van der Waals surface area contributed by atoms with Crippen molar-refractivity contribution >= 4 is 17.6 Å². The lowest BCUT2D eigenvalue weighted by atomic mass is 10.0. The minimum absolute atomic E-state index is 0.222. The molecule has 132 valence electrons. The van der Waals surface area contributed by atoms with Crippen LogP contribution in [0.1, 0.15) is 11.1 Å². The maximum Gasteiger partial charge on any atom is 0.307 e. The molecule has 0 saturated carbocycles. The van der Waals surface area contributed by atoms with Gasteiger partial charge in [-0.15, -0.1) is 0 Å². The van der Waals surface area contributed by atoms with Crippen LogP contribution in [0.3, 0.4) is 0 Å². The van der Waals surface area contributed by atoms with Crippen LogP contribution in [0.25, 0.3) is 11.1 Å². The van der Waals surface area contributed by atoms with Gasteiger partial charge in [-0.25, -0.2) is 4.39 Å². The first kappa shape index (κ1) is 18.0. The normalized spacial score (nSPS) is 10.5. The molecule has 0 spiro atoms. The summed E-state index contributed by atoms with van der Waals surface area (Å²) in [7, 11) is 0. The molecule has 3 aromatic rings. The first-order chi connectivity index (χ1) is 12.5. The summed E-state index contributed by atoms with van der Waals surface area (Å²) in [6.07, 6.45) is -0.222. The highest BCUT2D eigenvalue weighted by Gasteiger charge is 2.13. The second-order valence-corrected chi connectivity index (χ2v) is 6.23. The van der Waals surface area contributed by atoms with Gasteiger partial charge < -0.3 is 9.84 Å². The summed E-state index contributed by atoms with van der Waals surface area (Å²) in [6.45, 7) is 0.318. The van der Waals surface area contributed by atoms with Gasteiger partial charge in [-0.2, -0.15) is 0 Å². The molecule has 0 radical (unpaired) electrons. The Hall–Kier alpha value is -2.85. The third kappa shape index (κ3) is 4.41. The van der Waals surface area contributed by atoms with E-state index in [0.717, 1.165) is 5.56 Å². The van der Waals surface area contributed by atoms with Crippen LogP contribution in [-0.4, -0.2) is 11.1 Å². The van der Waals surface area contributed by atoms with Gasteiger partial charge >= 0.3 is 5.97 Å². The monoisotopic (exact) mass is 370 g/mol. The van der Waals surface area contributed by atoms with E-state index in [1.54, 1.807) is 18.2 Å². The van der Waals surface area contributed by atoms with Crippen molar-refractivity contribution < 1.29 is 19.0 Å². The van der Waals surface area contributed by atoms with Crippen LogP contribution < -0.4 is 4.74 Å². The summed E-state index contributed by atoms with van der Waals surface area (Å²) in [5.74, 6) is -0.950. The molecule has 0 aliphatic rings. The molecule has 0 fully saturated rings. The van der Waals surface area contributed by atoms with Crippen LogP contribution in [0.15, 0.2) is 66.7 Å². The van der Waals surface area contributed by atoms with Crippen LogP contribution >= 0.6 is 11.6 Å². The Morgan fingerprint density at radius 2 is 1.81 bits per heavy atom. The smallest absolute Gasteiger partial charge is 0.307 e. The van der Waals surface area contributed by atoms with Gasteiger partial charge in [0, 0.05) is 16.1 Å². The van der Waals surface area contributed by atoms with Crippen LogP contribution in [0.5, 0.6) is 5.75 Å². The van der Waals surface area contributed by atoms with Crippen molar-refractivity contribution in [3.63, 3.8) is 0 Å². The van der Waals surface area contributed by atoms with Gasteiger partial charge in [0.05, 0.1) is 6.42 Å². The second-order valence-electron chi connectivity index (χ2n) is 5.79. The van der Waals surface area contributed by atoms with Crippen molar-refractivity contribution in [3.8, 4) is 16.9 Å². The molecule has 0 aliphatic heterocycles. The Kier molecular flexibility index (Phi) is 5.54. The SMILES string of the molecule is O=C(O)Cc1cc(-c2cc(Cl)ccc2F)ccc1OCc1ccccc1. The van der Waals surface area contributed by atoms with Crippen molar-refractivity contribution in [2.45, 2.75) is 13.0 Å². The predicted octanol–water partition coefficient (Wildman–Crippen LogP) is 5.35. The van der Waals surface area contributed by atoms with E-state index in [1.165, 1.54) is 18.2 Å². The molecule has 0 saturated heterocycles. The van der Waals surface area contributed by atoms with E-state index in [2.05, 4.69) is 0 Å². The van der Waals surface area contributed by atoms with Crippen molar-refractivity contribution in [1.29, 1.82) is 0 Å².